The Labute approximate surface area is 222 Å². The van der Waals surface area contributed by atoms with Crippen LogP contribution in [0.4, 0.5) is 5.82 Å². The van der Waals surface area contributed by atoms with Crippen LogP contribution in [-0.4, -0.2) is 42.0 Å². The number of hydrogen-bond acceptors (Lipinski definition) is 5. The van der Waals surface area contributed by atoms with E-state index in [0.29, 0.717) is 34.8 Å². The number of carbonyl (C=O) groups excluding carboxylic acids is 2. The summed E-state index contributed by atoms with van der Waals surface area (Å²) in [6.45, 7) is 2.31. The highest BCUT2D eigenvalue weighted by Gasteiger charge is 2.42. The predicted molar refractivity (Wildman–Crippen MR) is 144 cm³/mol. The van der Waals surface area contributed by atoms with Crippen LogP contribution in [0.15, 0.2) is 60.8 Å². The molecule has 5 rings (SSSR count). The SMILES string of the molecule is COc1cccc(C(=O)N[C@H]2C[C@H]3CC[C@@H](C2)N3c2ccc(C(=O)NCc3cccc(Cl)c3)cn2)c1C. The predicted octanol–water partition coefficient (Wildman–Crippen LogP) is 4.91. The third-order valence-electron chi connectivity index (χ3n) is 7.43. The number of pyridine rings is 1. The number of piperidine rings is 1. The molecule has 0 saturated carbocycles. The van der Waals surface area contributed by atoms with Crippen LogP contribution in [0.25, 0.3) is 0 Å². The summed E-state index contributed by atoms with van der Waals surface area (Å²) in [4.78, 5) is 32.6. The molecule has 2 bridgehead atoms. The van der Waals surface area contributed by atoms with Crippen molar-refractivity contribution in [2.45, 2.75) is 57.3 Å². The van der Waals surface area contributed by atoms with Gasteiger partial charge in [-0.2, -0.15) is 0 Å². The van der Waals surface area contributed by atoms with E-state index in [9.17, 15) is 9.59 Å². The average Bonchev–Trinajstić information content (AvgIpc) is 3.17. The van der Waals surface area contributed by atoms with Crippen molar-refractivity contribution < 1.29 is 14.3 Å². The van der Waals surface area contributed by atoms with Crippen molar-refractivity contribution in [3.8, 4) is 5.75 Å². The second kappa shape index (κ2) is 10.8. The summed E-state index contributed by atoms with van der Waals surface area (Å²) in [5.41, 5.74) is 2.97. The van der Waals surface area contributed by atoms with Gasteiger partial charge in [-0.3, -0.25) is 9.59 Å². The number of nitrogens with one attached hydrogen (secondary N) is 2. The van der Waals surface area contributed by atoms with E-state index in [1.807, 2.05) is 55.5 Å². The first-order valence-electron chi connectivity index (χ1n) is 12.6. The molecule has 0 aliphatic carbocycles. The Balaban J connectivity index is 1.19. The summed E-state index contributed by atoms with van der Waals surface area (Å²) in [6, 6.07) is 17.5. The molecule has 2 aliphatic rings. The zero-order valence-corrected chi connectivity index (χ0v) is 21.8. The molecular weight excluding hydrogens is 488 g/mol. The van der Waals surface area contributed by atoms with Crippen molar-refractivity contribution in [3.63, 3.8) is 0 Å². The molecule has 2 N–H and O–H groups in total. The van der Waals surface area contributed by atoms with Gasteiger partial charge in [-0.1, -0.05) is 29.8 Å². The standard InChI is InChI=1S/C29H31ClN4O3/c1-18-25(7-4-8-26(18)37-2)29(36)33-22-14-23-10-11-24(15-22)34(23)27-12-9-20(17-31-27)28(35)32-16-19-5-3-6-21(30)13-19/h3-9,12-13,17,22-24H,10-11,14-16H2,1-2H3,(H,32,35)(H,33,36)/t22-,23+,24-. The van der Waals surface area contributed by atoms with Crippen LogP contribution in [0.2, 0.25) is 5.02 Å². The summed E-state index contributed by atoms with van der Waals surface area (Å²) in [7, 11) is 1.62. The maximum atomic E-state index is 13.0. The van der Waals surface area contributed by atoms with Crippen LogP contribution >= 0.6 is 11.6 Å². The third kappa shape index (κ3) is 5.42. The number of halogens is 1. The van der Waals surface area contributed by atoms with Crippen LogP contribution in [0.1, 0.15) is 57.5 Å². The molecule has 2 fully saturated rings. The number of fused-ring (bicyclic) bond motifs is 2. The number of carbonyl (C=O) groups is 2. The van der Waals surface area contributed by atoms with E-state index >= 15 is 0 Å². The van der Waals surface area contributed by atoms with Gasteiger partial charge in [0.1, 0.15) is 11.6 Å². The van der Waals surface area contributed by atoms with Crippen LogP contribution in [-0.2, 0) is 6.54 Å². The normalized spacial score (nSPS) is 20.4. The number of hydrogen-bond donors (Lipinski definition) is 2. The molecule has 3 heterocycles. The van der Waals surface area contributed by atoms with Crippen LogP contribution in [0, 0.1) is 6.92 Å². The minimum Gasteiger partial charge on any atom is -0.496 e. The van der Waals surface area contributed by atoms with E-state index < -0.39 is 0 Å². The first kappa shape index (κ1) is 25.1. The molecule has 3 atom stereocenters. The molecule has 8 heteroatoms. The van der Waals surface area contributed by atoms with Crippen molar-refractivity contribution in [1.82, 2.24) is 15.6 Å². The van der Waals surface area contributed by atoms with E-state index in [4.69, 9.17) is 16.3 Å². The number of benzene rings is 2. The fraction of sp³-hybridized carbons (Fsp3) is 0.345. The maximum absolute atomic E-state index is 13.0. The van der Waals surface area contributed by atoms with Gasteiger partial charge < -0.3 is 20.3 Å². The topological polar surface area (TPSA) is 83.6 Å². The first-order valence-corrected chi connectivity index (χ1v) is 13.0. The third-order valence-corrected chi connectivity index (χ3v) is 7.67. The Morgan fingerprint density at radius 1 is 1.05 bits per heavy atom. The summed E-state index contributed by atoms with van der Waals surface area (Å²) >= 11 is 6.02. The van der Waals surface area contributed by atoms with Crippen molar-refractivity contribution in [2.24, 2.45) is 0 Å². The quantitative estimate of drug-likeness (QED) is 0.464. The summed E-state index contributed by atoms with van der Waals surface area (Å²) in [5.74, 6) is 1.37. The van der Waals surface area contributed by atoms with Crippen molar-refractivity contribution in [3.05, 3.63) is 88.1 Å². The zero-order valence-electron chi connectivity index (χ0n) is 21.0. The molecule has 1 aromatic heterocycles. The number of aromatic nitrogens is 1. The largest absolute Gasteiger partial charge is 0.496 e. The summed E-state index contributed by atoms with van der Waals surface area (Å²) < 4.78 is 5.37. The smallest absolute Gasteiger partial charge is 0.253 e. The van der Waals surface area contributed by atoms with Crippen molar-refractivity contribution in [1.29, 1.82) is 0 Å². The molecule has 0 radical (unpaired) electrons. The lowest BCUT2D eigenvalue weighted by molar-refractivity contribution is 0.0923. The molecule has 3 aromatic rings. The molecule has 7 nitrogen and oxygen atoms in total. The van der Waals surface area contributed by atoms with Gasteiger partial charge in [-0.15, -0.1) is 0 Å². The minimum absolute atomic E-state index is 0.0551. The highest BCUT2D eigenvalue weighted by Crippen LogP contribution is 2.38. The number of ether oxygens (including phenoxy) is 1. The first-order chi connectivity index (χ1) is 17.9. The van der Waals surface area contributed by atoms with Gasteiger partial charge >= 0.3 is 0 Å². The molecule has 2 amide bonds. The lowest BCUT2D eigenvalue weighted by atomic mass is 9.96. The number of amides is 2. The fourth-order valence-electron chi connectivity index (χ4n) is 5.62. The molecule has 2 saturated heterocycles. The summed E-state index contributed by atoms with van der Waals surface area (Å²) in [6.07, 6.45) is 5.52. The van der Waals surface area contributed by atoms with E-state index in [0.717, 1.165) is 48.4 Å². The molecule has 192 valence electrons. The van der Waals surface area contributed by atoms with E-state index in [-0.39, 0.29) is 17.9 Å². The Morgan fingerprint density at radius 2 is 1.81 bits per heavy atom. The van der Waals surface area contributed by atoms with E-state index in [1.165, 1.54) is 0 Å². The maximum Gasteiger partial charge on any atom is 0.253 e. The Hall–Kier alpha value is -3.58. The number of rotatable bonds is 7. The lowest BCUT2D eigenvalue weighted by Gasteiger charge is -2.40. The van der Waals surface area contributed by atoms with Crippen LogP contribution in [0.5, 0.6) is 5.75 Å². The van der Waals surface area contributed by atoms with Gasteiger partial charge in [-0.05, 0) is 74.6 Å². The van der Waals surface area contributed by atoms with Crippen LogP contribution in [0.3, 0.4) is 0 Å². The Bertz CT molecular complexity index is 1280. The minimum atomic E-state index is -0.170. The Kier molecular flexibility index (Phi) is 7.33. The second-order valence-corrected chi connectivity index (χ2v) is 10.2. The van der Waals surface area contributed by atoms with Gasteiger partial charge in [-0.25, -0.2) is 4.98 Å². The highest BCUT2D eigenvalue weighted by atomic mass is 35.5. The van der Waals surface area contributed by atoms with Crippen molar-refractivity contribution >= 4 is 29.2 Å². The van der Waals surface area contributed by atoms with Gasteiger partial charge in [0.2, 0.25) is 0 Å². The average molecular weight is 519 g/mol. The monoisotopic (exact) mass is 518 g/mol. The van der Waals surface area contributed by atoms with E-state index in [1.54, 1.807) is 19.4 Å². The number of anilines is 1. The molecule has 2 aliphatic heterocycles. The fourth-order valence-corrected chi connectivity index (χ4v) is 5.83. The lowest BCUT2D eigenvalue weighted by Crippen LogP contribution is -2.50. The molecular formula is C29H31ClN4O3. The number of nitrogens with zero attached hydrogens (tertiary/aromatic N) is 2. The number of methoxy groups -OCH3 is 1. The Morgan fingerprint density at radius 3 is 2.49 bits per heavy atom. The zero-order chi connectivity index (χ0) is 25.9. The summed E-state index contributed by atoms with van der Waals surface area (Å²) in [5, 5.41) is 6.82. The highest BCUT2D eigenvalue weighted by molar-refractivity contribution is 6.30. The van der Waals surface area contributed by atoms with Crippen molar-refractivity contribution in [2.75, 3.05) is 12.0 Å². The van der Waals surface area contributed by atoms with Crippen LogP contribution < -0.4 is 20.3 Å². The van der Waals surface area contributed by atoms with Gasteiger partial charge in [0.05, 0.1) is 12.7 Å². The van der Waals surface area contributed by atoms with Gasteiger partial charge in [0, 0.05) is 47.0 Å². The van der Waals surface area contributed by atoms with E-state index in [2.05, 4.69) is 20.5 Å². The molecule has 0 unspecified atom stereocenters. The molecule has 0 spiro atoms. The van der Waals surface area contributed by atoms with Gasteiger partial charge in [0.25, 0.3) is 11.8 Å². The second-order valence-electron chi connectivity index (χ2n) is 9.78. The molecule has 2 aromatic carbocycles. The molecule has 37 heavy (non-hydrogen) atoms. The van der Waals surface area contributed by atoms with Gasteiger partial charge in [0.15, 0.2) is 0 Å².